The number of aliphatic carboxylic acids is 2. The normalized spacial score (nSPS) is 15.4. The lowest BCUT2D eigenvalue weighted by atomic mass is 9.95. The van der Waals surface area contributed by atoms with Crippen LogP contribution in [0.15, 0.2) is 0 Å². The Morgan fingerprint density at radius 2 is 0.865 bits per heavy atom. The standard InChI is InChI=1S/C43H75N13O17S/c1-5-20(3)33(42(71)56-34(43(72)73)21(4)6-2)55-40(69)27(18-58)53-35(64)22(9-7-8-14-44)49-41(70)28(19-74)54-37(66)23(10-12-29(46)59)50-38(67)25(15-30(47)60)52-36(65)24(11-13-32(62)63)51-39(68)26(17-57)48-31(61)16-45/h20-28,33-34,57-58,74H,5-19,44-45H2,1-4H3,(H2,46,59)(H2,47,60)(H,48,61)(H,49,70)(H,50,67)(H,51,68)(H,52,65)(H,53,64)(H,54,66)(H,55,69)(H,56,71)(H,62,63)(H,72,73)/t20-,21-,22-,23-,24-,25-,26-,27-,28-,33-,34-/m0/s1. The van der Waals surface area contributed by atoms with Crippen LogP contribution in [0.5, 0.6) is 0 Å². The van der Waals surface area contributed by atoms with Crippen LogP contribution in [0, 0.1) is 11.8 Å². The first-order chi connectivity index (χ1) is 34.7. The third-order valence-corrected chi connectivity index (χ3v) is 11.8. The fraction of sp³-hybridized carbons (Fsp3) is 0.698. The highest BCUT2D eigenvalue weighted by molar-refractivity contribution is 7.80. The molecule has 0 saturated carbocycles. The molecule has 0 unspecified atom stereocenters. The van der Waals surface area contributed by atoms with E-state index in [0.717, 1.165) is 0 Å². The van der Waals surface area contributed by atoms with Gasteiger partial charge in [0.25, 0.3) is 0 Å². The van der Waals surface area contributed by atoms with Gasteiger partial charge in [0, 0.05) is 18.6 Å². The van der Waals surface area contributed by atoms with E-state index >= 15 is 0 Å². The van der Waals surface area contributed by atoms with Crippen LogP contribution < -0.4 is 70.8 Å². The lowest BCUT2D eigenvalue weighted by Gasteiger charge is -2.29. The van der Waals surface area contributed by atoms with Crippen molar-refractivity contribution in [3.8, 4) is 0 Å². The first-order valence-corrected chi connectivity index (χ1v) is 24.3. The Balaban J connectivity index is 6.56. The van der Waals surface area contributed by atoms with Crippen LogP contribution in [0.25, 0.3) is 0 Å². The van der Waals surface area contributed by atoms with Gasteiger partial charge >= 0.3 is 11.9 Å². The van der Waals surface area contributed by atoms with Crippen molar-refractivity contribution in [2.75, 3.05) is 32.1 Å². The lowest BCUT2D eigenvalue weighted by molar-refractivity contribution is -0.144. The van der Waals surface area contributed by atoms with Gasteiger partial charge in [0.15, 0.2) is 0 Å². The second kappa shape index (κ2) is 35.5. The van der Waals surface area contributed by atoms with Crippen molar-refractivity contribution in [1.82, 2.24) is 47.9 Å². The highest BCUT2D eigenvalue weighted by atomic mass is 32.1. The van der Waals surface area contributed by atoms with Crippen LogP contribution in [-0.4, -0.2) is 184 Å². The molecular formula is C43H75N13O17S. The van der Waals surface area contributed by atoms with Gasteiger partial charge in [-0.3, -0.25) is 57.5 Å². The summed E-state index contributed by atoms with van der Waals surface area (Å²) in [6, 6.07) is -14.5. The molecular weight excluding hydrogens is 1000 g/mol. The molecule has 30 nitrogen and oxygen atoms in total. The number of aliphatic hydroxyl groups excluding tert-OH is 2. The summed E-state index contributed by atoms with van der Waals surface area (Å²) >= 11 is 4.14. The van der Waals surface area contributed by atoms with Gasteiger partial charge in [0.2, 0.25) is 65.0 Å². The molecule has 0 radical (unpaired) electrons. The third kappa shape index (κ3) is 24.8. The number of carboxylic acid groups (broad SMARTS) is 2. The molecule has 74 heavy (non-hydrogen) atoms. The predicted molar refractivity (Wildman–Crippen MR) is 263 cm³/mol. The molecule has 0 aliphatic rings. The summed E-state index contributed by atoms with van der Waals surface area (Å²) in [6.45, 7) is 4.28. The molecule has 0 spiro atoms. The van der Waals surface area contributed by atoms with Crippen molar-refractivity contribution in [2.45, 2.75) is 146 Å². The Morgan fingerprint density at radius 1 is 0.473 bits per heavy atom. The van der Waals surface area contributed by atoms with Gasteiger partial charge in [0.05, 0.1) is 26.2 Å². The smallest absolute Gasteiger partial charge is 0.326 e. The van der Waals surface area contributed by atoms with Crippen molar-refractivity contribution in [1.29, 1.82) is 0 Å². The average Bonchev–Trinajstić information content (AvgIpc) is 3.35. The maximum atomic E-state index is 13.8. The summed E-state index contributed by atoms with van der Waals surface area (Å²) in [5, 5.41) is 59.3. The van der Waals surface area contributed by atoms with Crippen molar-refractivity contribution < 1.29 is 82.8 Å². The number of carbonyl (C=O) groups is 13. The fourth-order valence-electron chi connectivity index (χ4n) is 6.62. The van der Waals surface area contributed by atoms with E-state index in [1.807, 2.05) is 0 Å². The molecule has 0 rings (SSSR count). The van der Waals surface area contributed by atoms with Crippen LogP contribution in [0.3, 0.4) is 0 Å². The van der Waals surface area contributed by atoms with E-state index in [2.05, 4.69) is 60.5 Å². The summed E-state index contributed by atoms with van der Waals surface area (Å²) in [5.41, 5.74) is 21.5. The van der Waals surface area contributed by atoms with Gasteiger partial charge < -0.3 is 91.2 Å². The summed E-state index contributed by atoms with van der Waals surface area (Å²) in [7, 11) is 0. The molecule has 0 aromatic carbocycles. The zero-order chi connectivity index (χ0) is 56.8. The van der Waals surface area contributed by atoms with Gasteiger partial charge in [0.1, 0.15) is 54.4 Å². The number of hydrogen-bond acceptors (Lipinski definition) is 18. The minimum Gasteiger partial charge on any atom is -0.481 e. The summed E-state index contributed by atoms with van der Waals surface area (Å²) in [5.74, 6) is -16.1. The molecule has 420 valence electrons. The molecule has 11 amide bonds. The first kappa shape index (κ1) is 67.3. The Hall–Kier alpha value is -6.70. The number of rotatable bonds is 38. The molecule has 0 aromatic heterocycles. The van der Waals surface area contributed by atoms with Crippen LogP contribution in [0.4, 0.5) is 0 Å². The maximum Gasteiger partial charge on any atom is 0.326 e. The average molecular weight is 1080 g/mol. The zero-order valence-electron chi connectivity index (χ0n) is 41.8. The Morgan fingerprint density at radius 3 is 1.30 bits per heavy atom. The molecule has 0 aromatic rings. The van der Waals surface area contributed by atoms with E-state index in [0.29, 0.717) is 19.3 Å². The van der Waals surface area contributed by atoms with Crippen molar-refractivity contribution in [2.24, 2.45) is 34.8 Å². The minimum atomic E-state index is -1.95. The highest BCUT2D eigenvalue weighted by Gasteiger charge is 2.37. The van der Waals surface area contributed by atoms with Crippen molar-refractivity contribution in [3.05, 3.63) is 0 Å². The van der Waals surface area contributed by atoms with Crippen LogP contribution in [0.2, 0.25) is 0 Å². The third-order valence-electron chi connectivity index (χ3n) is 11.4. The van der Waals surface area contributed by atoms with E-state index in [1.54, 1.807) is 27.7 Å². The lowest BCUT2D eigenvalue weighted by Crippen LogP contribution is -2.61. The van der Waals surface area contributed by atoms with E-state index < -0.39 is 201 Å². The molecule has 0 aliphatic heterocycles. The number of nitrogens with two attached hydrogens (primary N) is 4. The van der Waals surface area contributed by atoms with Gasteiger partial charge in [-0.2, -0.15) is 12.6 Å². The van der Waals surface area contributed by atoms with Gasteiger partial charge in [-0.25, -0.2) is 4.79 Å². The van der Waals surface area contributed by atoms with Crippen LogP contribution >= 0.6 is 12.6 Å². The molecule has 0 fully saturated rings. The molecule has 0 aliphatic carbocycles. The van der Waals surface area contributed by atoms with E-state index in [-0.39, 0.29) is 19.4 Å². The zero-order valence-corrected chi connectivity index (χ0v) is 42.7. The number of thiol groups is 1. The number of nitrogens with one attached hydrogen (secondary N) is 9. The number of carboxylic acids is 2. The summed E-state index contributed by atoms with van der Waals surface area (Å²) in [6.07, 6.45) is -2.21. The van der Waals surface area contributed by atoms with Gasteiger partial charge in [-0.15, -0.1) is 0 Å². The molecule has 11 atom stereocenters. The van der Waals surface area contributed by atoms with Gasteiger partial charge in [-0.1, -0.05) is 40.5 Å². The molecule has 0 saturated heterocycles. The van der Waals surface area contributed by atoms with E-state index in [9.17, 15) is 82.8 Å². The number of primary amides is 2. The Labute approximate surface area is 432 Å². The number of hydrogen-bond donors (Lipinski definition) is 18. The maximum absolute atomic E-state index is 13.8. The molecule has 31 heteroatoms. The Bertz CT molecular complexity index is 1970. The van der Waals surface area contributed by atoms with E-state index in [4.69, 9.17) is 22.9 Å². The number of amides is 11. The second-order valence-electron chi connectivity index (χ2n) is 17.2. The predicted octanol–water partition coefficient (Wildman–Crippen LogP) is -7.47. The second-order valence-corrected chi connectivity index (χ2v) is 17.6. The molecule has 0 heterocycles. The topological polar surface area (TPSA) is 515 Å². The minimum absolute atomic E-state index is 0.107. The first-order valence-electron chi connectivity index (χ1n) is 23.7. The van der Waals surface area contributed by atoms with Crippen molar-refractivity contribution in [3.63, 3.8) is 0 Å². The van der Waals surface area contributed by atoms with E-state index in [1.165, 1.54) is 0 Å². The largest absolute Gasteiger partial charge is 0.481 e. The Kier molecular flexibility index (Phi) is 32.2. The molecule has 21 N–H and O–H groups in total. The monoisotopic (exact) mass is 1080 g/mol. The highest BCUT2D eigenvalue weighted by Crippen LogP contribution is 2.13. The van der Waals surface area contributed by atoms with Crippen LogP contribution in [0.1, 0.15) is 91.9 Å². The quantitative estimate of drug-likeness (QED) is 0.0202. The molecule has 0 bridgehead atoms. The number of unbranched alkanes of at least 4 members (excludes halogenated alkanes) is 1. The van der Waals surface area contributed by atoms with Crippen LogP contribution in [-0.2, 0) is 62.3 Å². The van der Waals surface area contributed by atoms with Gasteiger partial charge in [-0.05, 0) is 50.5 Å². The number of aliphatic hydroxyl groups is 2. The SMILES string of the molecule is CC[C@H](C)[C@H](NC(=O)[C@@H](NC(=O)[C@H](CO)NC(=O)[C@H](CCCCN)NC(=O)[C@H](CS)NC(=O)[C@H](CCC(N)=O)NC(=O)[C@H](CC(N)=O)NC(=O)[C@H](CCC(=O)O)NC(=O)[C@H](CO)NC(=O)CN)[C@@H](C)CC)C(=O)O. The summed E-state index contributed by atoms with van der Waals surface area (Å²) < 4.78 is 0. The fourth-order valence-corrected chi connectivity index (χ4v) is 6.87. The van der Waals surface area contributed by atoms with Crippen molar-refractivity contribution >= 4 is 89.5 Å². The summed E-state index contributed by atoms with van der Waals surface area (Å²) in [4.78, 5) is 167. The number of carbonyl (C=O) groups excluding carboxylic acids is 11.